The number of hydrogen-bond acceptors (Lipinski definition) is 2. The van der Waals surface area contributed by atoms with Crippen LogP contribution in [-0.4, -0.2) is 14.5 Å². The van der Waals surface area contributed by atoms with Crippen LogP contribution in [0.5, 0.6) is 0 Å². The lowest BCUT2D eigenvalue weighted by molar-refractivity contribution is 0.664. The summed E-state index contributed by atoms with van der Waals surface area (Å²) >= 11 is 0. The van der Waals surface area contributed by atoms with E-state index in [9.17, 15) is 0 Å². The van der Waals surface area contributed by atoms with Crippen LogP contribution in [0.25, 0.3) is 83.3 Å². The van der Waals surface area contributed by atoms with Gasteiger partial charge in [0.05, 0.1) is 22.4 Å². The fraction of sp³-hybridized carbons (Fsp3) is 0.0638. The summed E-state index contributed by atoms with van der Waals surface area (Å²) in [7, 11) is 0. The van der Waals surface area contributed by atoms with Gasteiger partial charge in [-0.25, -0.2) is 9.97 Å². The van der Waals surface area contributed by atoms with E-state index in [2.05, 4.69) is 170 Å². The van der Waals surface area contributed by atoms with Gasteiger partial charge in [-0.15, -0.1) is 0 Å². The standard InChI is InChI=1S/C47H33N3/c1-47(2)38-25-15-14-24-36(38)42-34-22-12-13-23-35(34)43-37-28-32(26-27-41(37)50(45(43)44(42)47)33-20-10-5-11-21-33)46-48-39(30-16-6-3-7-17-30)29-40(49-46)31-18-8-4-9-19-31/h3-29H,1-2H3. The van der Waals surface area contributed by atoms with E-state index in [4.69, 9.17) is 9.97 Å². The van der Waals surface area contributed by atoms with Gasteiger partial charge in [0.25, 0.3) is 0 Å². The fourth-order valence-corrected chi connectivity index (χ4v) is 8.32. The number of aromatic nitrogens is 3. The van der Waals surface area contributed by atoms with Crippen molar-refractivity contribution < 1.29 is 0 Å². The minimum Gasteiger partial charge on any atom is -0.309 e. The lowest BCUT2D eigenvalue weighted by Crippen LogP contribution is -2.16. The Kier molecular flexibility index (Phi) is 6.22. The number of para-hydroxylation sites is 1. The SMILES string of the molecule is CC1(C)c2ccccc2-c2c1c1c(c3ccccc23)c2cc(-c3nc(-c4ccccc4)cc(-c4ccccc4)n3)ccc2n1-c1ccccc1. The molecule has 0 fully saturated rings. The molecule has 236 valence electrons. The normalized spacial score (nSPS) is 13.2. The molecule has 0 N–H and O–H groups in total. The smallest absolute Gasteiger partial charge is 0.160 e. The molecule has 1 aliphatic rings. The molecule has 0 spiro atoms. The summed E-state index contributed by atoms with van der Waals surface area (Å²) in [5, 5.41) is 5.01. The van der Waals surface area contributed by atoms with Crippen LogP contribution in [0, 0.1) is 0 Å². The zero-order chi connectivity index (χ0) is 33.4. The van der Waals surface area contributed by atoms with Gasteiger partial charge in [0.2, 0.25) is 0 Å². The third-order valence-corrected chi connectivity index (χ3v) is 10.6. The molecule has 0 unspecified atom stereocenters. The second kappa shape index (κ2) is 10.8. The van der Waals surface area contributed by atoms with Crippen LogP contribution in [0.3, 0.4) is 0 Å². The number of benzene rings is 7. The minimum atomic E-state index is -0.199. The van der Waals surface area contributed by atoms with E-state index in [-0.39, 0.29) is 5.41 Å². The van der Waals surface area contributed by atoms with Gasteiger partial charge >= 0.3 is 0 Å². The number of rotatable bonds is 4. The molecule has 7 aromatic carbocycles. The molecule has 10 rings (SSSR count). The Hall–Kier alpha value is -6.32. The van der Waals surface area contributed by atoms with Crippen molar-refractivity contribution in [2.75, 3.05) is 0 Å². The zero-order valence-corrected chi connectivity index (χ0v) is 27.9. The molecule has 0 saturated carbocycles. The Morgan fingerprint density at radius 3 is 1.76 bits per heavy atom. The predicted octanol–water partition coefficient (Wildman–Crippen LogP) is 12.0. The maximum atomic E-state index is 5.20. The Balaban J connectivity index is 1.33. The van der Waals surface area contributed by atoms with Gasteiger partial charge in [0, 0.05) is 38.6 Å². The van der Waals surface area contributed by atoms with Gasteiger partial charge in [0.15, 0.2) is 5.82 Å². The highest BCUT2D eigenvalue weighted by Crippen LogP contribution is 2.56. The van der Waals surface area contributed by atoms with E-state index in [0.29, 0.717) is 5.82 Å². The Labute approximate surface area is 291 Å². The summed E-state index contributed by atoms with van der Waals surface area (Å²) in [6, 6.07) is 58.4. The maximum absolute atomic E-state index is 5.20. The summed E-state index contributed by atoms with van der Waals surface area (Å²) < 4.78 is 2.49. The average Bonchev–Trinajstić information content (AvgIpc) is 3.64. The number of fused-ring (bicyclic) bond motifs is 10. The van der Waals surface area contributed by atoms with Crippen LogP contribution in [0.2, 0.25) is 0 Å². The van der Waals surface area contributed by atoms with Crippen LogP contribution in [0.4, 0.5) is 0 Å². The first-order valence-corrected chi connectivity index (χ1v) is 17.3. The van der Waals surface area contributed by atoms with E-state index in [1.807, 2.05) is 12.1 Å². The summed E-state index contributed by atoms with van der Waals surface area (Å²) in [6.07, 6.45) is 0. The Morgan fingerprint density at radius 2 is 1.08 bits per heavy atom. The molecule has 0 radical (unpaired) electrons. The summed E-state index contributed by atoms with van der Waals surface area (Å²) in [6.45, 7) is 4.77. The molecular formula is C47H33N3. The first-order chi connectivity index (χ1) is 24.6. The van der Waals surface area contributed by atoms with Gasteiger partial charge in [-0.1, -0.05) is 141 Å². The van der Waals surface area contributed by atoms with Gasteiger partial charge in [-0.2, -0.15) is 0 Å². The van der Waals surface area contributed by atoms with E-state index >= 15 is 0 Å². The van der Waals surface area contributed by atoms with Crippen LogP contribution in [0.15, 0.2) is 164 Å². The van der Waals surface area contributed by atoms with Crippen molar-refractivity contribution in [3.8, 4) is 50.7 Å². The predicted molar refractivity (Wildman–Crippen MR) is 208 cm³/mol. The molecule has 9 aromatic rings. The highest BCUT2D eigenvalue weighted by atomic mass is 15.0. The summed E-state index contributed by atoms with van der Waals surface area (Å²) in [4.78, 5) is 10.4. The van der Waals surface area contributed by atoms with Crippen LogP contribution < -0.4 is 0 Å². The first kappa shape index (κ1) is 28.7. The first-order valence-electron chi connectivity index (χ1n) is 17.3. The summed E-state index contributed by atoms with van der Waals surface area (Å²) in [5.41, 5.74) is 13.8. The highest BCUT2D eigenvalue weighted by molar-refractivity contribution is 6.27. The molecule has 0 saturated heterocycles. The zero-order valence-electron chi connectivity index (χ0n) is 27.9. The average molecular weight is 640 g/mol. The maximum Gasteiger partial charge on any atom is 0.160 e. The molecule has 0 aliphatic heterocycles. The summed E-state index contributed by atoms with van der Waals surface area (Å²) in [5.74, 6) is 0.714. The van der Waals surface area contributed by atoms with Crippen molar-refractivity contribution in [3.63, 3.8) is 0 Å². The van der Waals surface area contributed by atoms with Gasteiger partial charge in [-0.3, -0.25) is 0 Å². The molecule has 2 aromatic heterocycles. The van der Waals surface area contributed by atoms with Gasteiger partial charge in [-0.05, 0) is 69.4 Å². The molecular weight excluding hydrogens is 607 g/mol. The molecule has 3 heteroatoms. The van der Waals surface area contributed by atoms with E-state index in [1.54, 1.807) is 0 Å². The largest absolute Gasteiger partial charge is 0.309 e. The third-order valence-electron chi connectivity index (χ3n) is 10.6. The van der Waals surface area contributed by atoms with Gasteiger partial charge < -0.3 is 4.57 Å². The second-order valence-electron chi connectivity index (χ2n) is 13.8. The van der Waals surface area contributed by atoms with E-state index in [1.165, 1.54) is 54.8 Å². The lowest BCUT2D eigenvalue weighted by atomic mass is 9.80. The fourth-order valence-electron chi connectivity index (χ4n) is 8.32. The van der Waals surface area contributed by atoms with E-state index in [0.717, 1.165) is 33.8 Å². The molecule has 1 aliphatic carbocycles. The van der Waals surface area contributed by atoms with Crippen LogP contribution in [-0.2, 0) is 5.41 Å². The monoisotopic (exact) mass is 639 g/mol. The Bertz CT molecular complexity index is 2700. The van der Waals surface area contributed by atoms with Crippen molar-refractivity contribution in [2.45, 2.75) is 19.3 Å². The molecule has 2 heterocycles. The number of hydrogen-bond donors (Lipinski definition) is 0. The molecule has 0 bridgehead atoms. The highest BCUT2D eigenvalue weighted by Gasteiger charge is 2.40. The molecule has 50 heavy (non-hydrogen) atoms. The quantitative estimate of drug-likeness (QED) is 0.192. The Morgan fingerprint density at radius 1 is 0.500 bits per heavy atom. The van der Waals surface area contributed by atoms with Gasteiger partial charge in [0.1, 0.15) is 0 Å². The van der Waals surface area contributed by atoms with Crippen LogP contribution in [0.1, 0.15) is 25.0 Å². The van der Waals surface area contributed by atoms with Crippen molar-refractivity contribution >= 4 is 32.6 Å². The van der Waals surface area contributed by atoms with Crippen molar-refractivity contribution in [1.82, 2.24) is 14.5 Å². The van der Waals surface area contributed by atoms with Crippen molar-refractivity contribution in [3.05, 3.63) is 175 Å². The van der Waals surface area contributed by atoms with E-state index < -0.39 is 0 Å². The third kappa shape index (κ3) is 4.17. The van der Waals surface area contributed by atoms with Crippen LogP contribution >= 0.6 is 0 Å². The molecule has 0 amide bonds. The van der Waals surface area contributed by atoms with Crippen molar-refractivity contribution in [1.29, 1.82) is 0 Å². The number of nitrogens with zero attached hydrogens (tertiary/aromatic N) is 3. The molecule has 3 nitrogen and oxygen atoms in total. The minimum absolute atomic E-state index is 0.199. The topological polar surface area (TPSA) is 30.7 Å². The molecule has 0 atom stereocenters. The van der Waals surface area contributed by atoms with Crippen molar-refractivity contribution in [2.24, 2.45) is 0 Å². The second-order valence-corrected chi connectivity index (χ2v) is 13.8. The lowest BCUT2D eigenvalue weighted by Gasteiger charge is -2.24.